The van der Waals surface area contributed by atoms with Gasteiger partial charge in [-0.1, -0.05) is 24.9 Å². The third kappa shape index (κ3) is 2.71. The zero-order valence-corrected chi connectivity index (χ0v) is 11.8. The maximum atomic E-state index is 11.5. The maximum absolute atomic E-state index is 11.5. The van der Waals surface area contributed by atoms with Crippen LogP contribution < -0.4 is 10.9 Å². The van der Waals surface area contributed by atoms with E-state index in [1.54, 1.807) is 12.1 Å². The Kier molecular flexibility index (Phi) is 3.77. The molecule has 0 saturated carbocycles. The number of sulfonamides is 1. The molecule has 2 heterocycles. The Labute approximate surface area is 115 Å². The molecule has 0 fully saturated rings. The standard InChI is InChI=1S/C10H14ClN5O2S/c1-2-3-6(12)7-4-5-8-14-9(11)10(16(8)15-7)19(13,17)18/h4-6H,2-3,12H2,1H3,(H2,13,17,18). The van der Waals surface area contributed by atoms with Gasteiger partial charge in [-0.3, -0.25) is 0 Å². The second-order valence-electron chi connectivity index (χ2n) is 4.18. The zero-order valence-electron chi connectivity index (χ0n) is 10.2. The van der Waals surface area contributed by atoms with Gasteiger partial charge in [-0.05, 0) is 18.6 Å². The van der Waals surface area contributed by atoms with Gasteiger partial charge in [-0.2, -0.15) is 9.61 Å². The van der Waals surface area contributed by atoms with Crippen molar-refractivity contribution in [3.05, 3.63) is 23.0 Å². The largest absolute Gasteiger partial charge is 0.323 e. The molecule has 0 aliphatic rings. The van der Waals surface area contributed by atoms with Gasteiger partial charge in [0.15, 0.2) is 10.8 Å². The first kappa shape index (κ1) is 14.2. The van der Waals surface area contributed by atoms with Gasteiger partial charge in [0.05, 0.1) is 5.69 Å². The van der Waals surface area contributed by atoms with Crippen molar-refractivity contribution in [1.82, 2.24) is 14.6 Å². The van der Waals surface area contributed by atoms with Crippen molar-refractivity contribution in [3.8, 4) is 0 Å². The number of aromatic nitrogens is 3. The number of nitrogens with zero attached hydrogens (tertiary/aromatic N) is 3. The van der Waals surface area contributed by atoms with Gasteiger partial charge in [0.2, 0.25) is 5.03 Å². The molecular formula is C10H14ClN5O2S. The van der Waals surface area contributed by atoms with Crippen LogP contribution >= 0.6 is 11.6 Å². The van der Waals surface area contributed by atoms with Gasteiger partial charge in [0, 0.05) is 6.04 Å². The maximum Gasteiger partial charge on any atom is 0.258 e. The average Bonchev–Trinajstić information content (AvgIpc) is 2.63. The predicted octanol–water partition coefficient (Wildman–Crippen LogP) is 0.830. The zero-order chi connectivity index (χ0) is 14.2. The predicted molar refractivity (Wildman–Crippen MR) is 71.2 cm³/mol. The highest BCUT2D eigenvalue weighted by atomic mass is 35.5. The van der Waals surface area contributed by atoms with E-state index in [1.807, 2.05) is 6.92 Å². The van der Waals surface area contributed by atoms with Crippen molar-refractivity contribution in [2.24, 2.45) is 10.9 Å². The number of imidazole rings is 1. The minimum absolute atomic E-state index is 0.198. The van der Waals surface area contributed by atoms with Crippen molar-refractivity contribution in [1.29, 1.82) is 0 Å². The van der Waals surface area contributed by atoms with E-state index >= 15 is 0 Å². The highest BCUT2D eigenvalue weighted by Gasteiger charge is 2.22. The van der Waals surface area contributed by atoms with Crippen LogP contribution in [0.3, 0.4) is 0 Å². The first-order valence-corrected chi connectivity index (χ1v) is 7.60. The molecule has 0 aromatic carbocycles. The molecule has 2 rings (SSSR count). The minimum atomic E-state index is -4.01. The van der Waals surface area contributed by atoms with Crippen molar-refractivity contribution < 1.29 is 8.42 Å². The highest BCUT2D eigenvalue weighted by molar-refractivity contribution is 7.89. The molecule has 9 heteroatoms. The van der Waals surface area contributed by atoms with Crippen molar-refractivity contribution in [2.75, 3.05) is 0 Å². The van der Waals surface area contributed by atoms with Gasteiger partial charge < -0.3 is 5.73 Å². The lowest BCUT2D eigenvalue weighted by atomic mass is 10.1. The fraction of sp³-hybridized carbons (Fsp3) is 0.400. The fourth-order valence-electron chi connectivity index (χ4n) is 1.79. The Morgan fingerprint density at radius 2 is 2.16 bits per heavy atom. The Balaban J connectivity index is 2.64. The first-order chi connectivity index (χ1) is 8.84. The van der Waals surface area contributed by atoms with Crippen molar-refractivity contribution in [2.45, 2.75) is 30.8 Å². The smallest absolute Gasteiger partial charge is 0.258 e. The van der Waals surface area contributed by atoms with Gasteiger partial charge in [0.25, 0.3) is 10.0 Å². The summed E-state index contributed by atoms with van der Waals surface area (Å²) >= 11 is 5.78. The van der Waals surface area contributed by atoms with E-state index in [-0.39, 0.29) is 16.2 Å². The average molecular weight is 304 g/mol. The highest BCUT2D eigenvalue weighted by Crippen LogP contribution is 2.22. The van der Waals surface area contributed by atoms with Crippen LogP contribution in [-0.2, 0) is 10.0 Å². The second kappa shape index (κ2) is 5.04. The molecule has 0 amide bonds. The Morgan fingerprint density at radius 3 is 2.74 bits per heavy atom. The van der Waals surface area contributed by atoms with E-state index in [0.29, 0.717) is 11.3 Å². The quantitative estimate of drug-likeness (QED) is 0.867. The number of hydrogen-bond acceptors (Lipinski definition) is 5. The number of halogens is 1. The number of fused-ring (bicyclic) bond motifs is 1. The molecule has 0 bridgehead atoms. The second-order valence-corrected chi connectivity index (χ2v) is 6.01. The third-order valence-corrected chi connectivity index (χ3v) is 3.95. The summed E-state index contributed by atoms with van der Waals surface area (Å²) < 4.78 is 24.1. The van der Waals surface area contributed by atoms with Crippen molar-refractivity contribution >= 4 is 27.3 Å². The topological polar surface area (TPSA) is 116 Å². The Hall–Kier alpha value is -1.22. The normalized spacial score (nSPS) is 13.9. The molecule has 0 radical (unpaired) electrons. The monoisotopic (exact) mass is 303 g/mol. The molecule has 2 aromatic heterocycles. The van der Waals surface area contributed by atoms with Crippen LogP contribution in [0.15, 0.2) is 17.2 Å². The summed E-state index contributed by atoms with van der Waals surface area (Å²) in [7, 11) is -4.01. The van der Waals surface area contributed by atoms with E-state index in [4.69, 9.17) is 22.5 Å². The first-order valence-electron chi connectivity index (χ1n) is 5.68. The van der Waals surface area contributed by atoms with Crippen LogP contribution in [0.2, 0.25) is 5.15 Å². The SMILES string of the molecule is CCCC(N)c1ccc2nc(Cl)c(S(N)(=O)=O)n2n1. The summed E-state index contributed by atoms with van der Waals surface area (Å²) in [5.41, 5.74) is 6.82. The van der Waals surface area contributed by atoms with E-state index in [0.717, 1.165) is 17.4 Å². The molecule has 104 valence electrons. The molecule has 0 aliphatic heterocycles. The minimum Gasteiger partial charge on any atom is -0.323 e. The molecule has 2 aromatic rings. The molecule has 19 heavy (non-hydrogen) atoms. The fourth-order valence-corrected chi connectivity index (χ4v) is 2.94. The van der Waals surface area contributed by atoms with Gasteiger partial charge in [0.1, 0.15) is 0 Å². The molecule has 1 unspecified atom stereocenters. The van der Waals surface area contributed by atoms with Crippen LogP contribution in [0.1, 0.15) is 31.5 Å². The summed E-state index contributed by atoms with van der Waals surface area (Å²) in [6.45, 7) is 2.00. The van der Waals surface area contributed by atoms with Crippen LogP contribution in [0, 0.1) is 0 Å². The van der Waals surface area contributed by atoms with E-state index in [2.05, 4.69) is 10.1 Å². The molecule has 0 spiro atoms. The van der Waals surface area contributed by atoms with E-state index in [9.17, 15) is 8.42 Å². The molecule has 0 saturated heterocycles. The van der Waals surface area contributed by atoms with Gasteiger partial charge in [-0.25, -0.2) is 18.5 Å². The Morgan fingerprint density at radius 1 is 1.47 bits per heavy atom. The molecule has 7 nitrogen and oxygen atoms in total. The summed E-state index contributed by atoms with van der Waals surface area (Å²) in [4.78, 5) is 3.89. The van der Waals surface area contributed by atoms with E-state index in [1.165, 1.54) is 0 Å². The summed E-state index contributed by atoms with van der Waals surface area (Å²) in [6.07, 6.45) is 1.64. The van der Waals surface area contributed by atoms with Crippen LogP contribution in [0.25, 0.3) is 5.65 Å². The molecule has 0 aliphatic carbocycles. The molecule has 4 N–H and O–H groups in total. The Bertz CT molecular complexity index is 712. The number of rotatable bonds is 4. The van der Waals surface area contributed by atoms with Crippen LogP contribution in [0.5, 0.6) is 0 Å². The third-order valence-electron chi connectivity index (χ3n) is 2.67. The van der Waals surface area contributed by atoms with E-state index < -0.39 is 10.0 Å². The summed E-state index contributed by atoms with van der Waals surface area (Å²) in [5, 5.41) is 8.75. The summed E-state index contributed by atoms with van der Waals surface area (Å²) in [5.74, 6) is 0. The van der Waals surface area contributed by atoms with Gasteiger partial charge >= 0.3 is 0 Å². The van der Waals surface area contributed by atoms with Crippen LogP contribution in [0.4, 0.5) is 0 Å². The number of primary sulfonamides is 1. The van der Waals surface area contributed by atoms with Crippen LogP contribution in [-0.4, -0.2) is 23.0 Å². The molecular weight excluding hydrogens is 290 g/mol. The lowest BCUT2D eigenvalue weighted by molar-refractivity contribution is 0.580. The lowest BCUT2D eigenvalue weighted by Crippen LogP contribution is -2.18. The summed E-state index contributed by atoms with van der Waals surface area (Å²) in [6, 6.07) is 3.04. The lowest BCUT2D eigenvalue weighted by Gasteiger charge is -2.09. The number of hydrogen-bond donors (Lipinski definition) is 2. The molecule has 1 atom stereocenters. The number of nitrogens with two attached hydrogens (primary N) is 2. The van der Waals surface area contributed by atoms with Gasteiger partial charge in [-0.15, -0.1) is 0 Å². The van der Waals surface area contributed by atoms with Crippen molar-refractivity contribution in [3.63, 3.8) is 0 Å².